The van der Waals surface area contributed by atoms with E-state index < -0.39 is 0 Å². The Morgan fingerprint density at radius 2 is 1.91 bits per heavy atom. The molecule has 0 amide bonds. The van der Waals surface area contributed by atoms with E-state index in [1.807, 2.05) is 0 Å². The molecule has 1 N–H and O–H groups in total. The van der Waals surface area contributed by atoms with Crippen molar-refractivity contribution in [3.63, 3.8) is 0 Å². The monoisotopic (exact) mass is 439 g/mol. The maximum Gasteiger partial charge on any atom is 0.0787 e. The molecule has 32 heavy (non-hydrogen) atoms. The van der Waals surface area contributed by atoms with Crippen molar-refractivity contribution < 1.29 is 9.84 Å². The van der Waals surface area contributed by atoms with Gasteiger partial charge in [-0.1, -0.05) is 39.3 Å². The van der Waals surface area contributed by atoms with Crippen molar-refractivity contribution in [1.29, 1.82) is 0 Å². The molecule has 6 fully saturated rings. The predicted molar refractivity (Wildman–Crippen MR) is 127 cm³/mol. The zero-order chi connectivity index (χ0) is 22.3. The topological polar surface area (TPSA) is 32.7 Å². The van der Waals surface area contributed by atoms with E-state index in [1.54, 1.807) is 5.57 Å². The molecule has 12 atom stereocenters. The van der Waals surface area contributed by atoms with E-state index in [9.17, 15) is 5.11 Å². The fourth-order valence-corrected chi connectivity index (χ4v) is 11.7. The molecule has 5 aliphatic carbocycles. The molecule has 178 valence electrons. The first-order chi connectivity index (χ1) is 15.2. The van der Waals surface area contributed by atoms with Crippen molar-refractivity contribution in [2.75, 3.05) is 13.6 Å². The maximum absolute atomic E-state index is 10.3. The number of likely N-dealkylation sites (tertiary alicyclic amines) is 1. The Balaban J connectivity index is 1.24. The molecule has 2 saturated heterocycles. The number of rotatable bonds is 0. The van der Waals surface area contributed by atoms with Crippen molar-refractivity contribution in [2.45, 2.75) is 109 Å². The van der Waals surface area contributed by atoms with Gasteiger partial charge in [0, 0.05) is 23.9 Å². The highest BCUT2D eigenvalue weighted by Gasteiger charge is 2.84. The Bertz CT molecular complexity index is 869. The minimum atomic E-state index is -0.193. The van der Waals surface area contributed by atoms with Crippen LogP contribution in [0.3, 0.4) is 0 Å². The van der Waals surface area contributed by atoms with Crippen LogP contribution < -0.4 is 0 Å². The summed E-state index contributed by atoms with van der Waals surface area (Å²) < 4.78 is 7.32. The van der Waals surface area contributed by atoms with Crippen molar-refractivity contribution >= 4 is 0 Å². The van der Waals surface area contributed by atoms with Crippen molar-refractivity contribution in [1.82, 2.24) is 4.90 Å². The van der Waals surface area contributed by atoms with E-state index in [0.29, 0.717) is 34.3 Å². The number of ether oxygens (including phenoxy) is 1. The molecule has 0 aromatic heterocycles. The van der Waals surface area contributed by atoms with Gasteiger partial charge in [0.05, 0.1) is 17.8 Å². The highest BCUT2D eigenvalue weighted by atomic mass is 16.5. The molecular weight excluding hydrogens is 394 g/mol. The standard InChI is InChI=1S/C29H45NO2/c1-17-12-24-25(30(5)15-17)18(2)29(32-24)11-9-22-21-7-6-19-13-20(31)8-10-26(19,3)23(21)14-28(22)16-27(28,29)4/h13,17-18,20-25,31H,6-12,14-16H2,1-5H3/t17-,18+,20-,21-,22-,23-,24+,25-,26-,27?,28?,29+/m0/s1. The molecule has 2 spiro atoms. The molecule has 0 radical (unpaired) electrons. The third-order valence-electron chi connectivity index (χ3n) is 13.1. The lowest BCUT2D eigenvalue weighted by molar-refractivity contribution is -0.148. The van der Waals surface area contributed by atoms with E-state index in [-0.39, 0.29) is 11.7 Å². The Kier molecular flexibility index (Phi) is 4.08. The number of aliphatic hydroxyl groups excluding tert-OH is 1. The summed E-state index contributed by atoms with van der Waals surface area (Å²) in [6, 6.07) is 0.618. The quantitative estimate of drug-likeness (QED) is 0.511. The third-order valence-corrected chi connectivity index (χ3v) is 13.1. The molecule has 7 rings (SSSR count). The van der Waals surface area contributed by atoms with Gasteiger partial charge in [-0.15, -0.1) is 0 Å². The van der Waals surface area contributed by atoms with Crippen LogP contribution in [0.4, 0.5) is 0 Å². The van der Waals surface area contributed by atoms with Gasteiger partial charge >= 0.3 is 0 Å². The Morgan fingerprint density at radius 1 is 1.09 bits per heavy atom. The first-order valence-corrected chi connectivity index (χ1v) is 13.9. The number of fused-ring (bicyclic) bond motifs is 6. The molecule has 3 nitrogen and oxygen atoms in total. The Morgan fingerprint density at radius 3 is 2.72 bits per heavy atom. The number of nitrogens with zero attached hydrogens (tertiary/aromatic N) is 1. The van der Waals surface area contributed by atoms with Crippen molar-refractivity contribution in [3.05, 3.63) is 11.6 Å². The van der Waals surface area contributed by atoms with Crippen LogP contribution in [0.5, 0.6) is 0 Å². The van der Waals surface area contributed by atoms with Crippen molar-refractivity contribution in [3.8, 4) is 0 Å². The molecule has 0 aromatic carbocycles. The smallest absolute Gasteiger partial charge is 0.0787 e. The second-order valence-corrected chi connectivity index (χ2v) is 14.1. The molecule has 2 aliphatic heterocycles. The van der Waals surface area contributed by atoms with E-state index in [2.05, 4.69) is 45.7 Å². The minimum Gasteiger partial charge on any atom is -0.389 e. The van der Waals surface area contributed by atoms with E-state index >= 15 is 0 Å². The third kappa shape index (κ3) is 2.22. The first kappa shape index (κ1) is 20.9. The Hall–Kier alpha value is -0.380. The largest absolute Gasteiger partial charge is 0.389 e. The lowest BCUT2D eigenvalue weighted by Gasteiger charge is -2.50. The van der Waals surface area contributed by atoms with Crippen LogP contribution in [0, 0.1) is 45.8 Å². The summed E-state index contributed by atoms with van der Waals surface area (Å²) in [7, 11) is 2.36. The molecule has 3 heteroatoms. The van der Waals surface area contributed by atoms with Gasteiger partial charge in [-0.2, -0.15) is 0 Å². The maximum atomic E-state index is 10.3. The summed E-state index contributed by atoms with van der Waals surface area (Å²) in [6.07, 6.45) is 14.1. The van der Waals surface area contributed by atoms with Gasteiger partial charge in [0.1, 0.15) is 0 Å². The molecule has 2 unspecified atom stereocenters. The molecule has 2 heterocycles. The predicted octanol–water partition coefficient (Wildman–Crippen LogP) is 5.42. The van der Waals surface area contributed by atoms with Crippen LogP contribution >= 0.6 is 0 Å². The molecule has 4 saturated carbocycles. The lowest BCUT2D eigenvalue weighted by atomic mass is 9.56. The van der Waals surface area contributed by atoms with Crippen LogP contribution in [-0.2, 0) is 4.74 Å². The van der Waals surface area contributed by atoms with Crippen LogP contribution in [0.15, 0.2) is 11.6 Å². The second kappa shape index (κ2) is 6.24. The Labute approximate surface area is 195 Å². The highest BCUT2D eigenvalue weighted by Crippen LogP contribution is 2.87. The summed E-state index contributed by atoms with van der Waals surface area (Å²) in [5.41, 5.74) is 2.96. The highest BCUT2D eigenvalue weighted by molar-refractivity contribution is 5.35. The van der Waals surface area contributed by atoms with Gasteiger partial charge in [-0.25, -0.2) is 0 Å². The van der Waals surface area contributed by atoms with E-state index in [1.165, 1.54) is 57.9 Å². The average Bonchev–Trinajstić information content (AvgIpc) is 3.06. The fourth-order valence-electron chi connectivity index (χ4n) is 11.7. The van der Waals surface area contributed by atoms with Crippen LogP contribution in [0.2, 0.25) is 0 Å². The summed E-state index contributed by atoms with van der Waals surface area (Å²) >= 11 is 0. The zero-order valence-electron chi connectivity index (χ0n) is 21.1. The number of allylic oxidation sites excluding steroid dienone is 1. The SMILES string of the molecule is C[C@H]1C[C@H]2O[C@]3(CC[C@H]4[C@@H]5CCC6=C[C@@H](O)CC[C@]6(C)[C@H]5CC45CC53C)[C@H](C)[C@@H]2N(C)C1. The number of piperidine rings is 1. The molecular formula is C29H45NO2. The van der Waals surface area contributed by atoms with Crippen LogP contribution in [0.1, 0.15) is 85.5 Å². The normalized spacial score (nSPS) is 63.1. The summed E-state index contributed by atoms with van der Waals surface area (Å²) in [6.45, 7) is 11.4. The van der Waals surface area contributed by atoms with Gasteiger partial charge in [0.25, 0.3) is 0 Å². The summed E-state index contributed by atoms with van der Waals surface area (Å²) in [5, 5.41) is 10.3. The van der Waals surface area contributed by atoms with Gasteiger partial charge in [-0.3, -0.25) is 0 Å². The van der Waals surface area contributed by atoms with Gasteiger partial charge in [0.2, 0.25) is 0 Å². The molecule has 0 aromatic rings. The first-order valence-electron chi connectivity index (χ1n) is 13.9. The number of hydrogen-bond donors (Lipinski definition) is 1. The minimum absolute atomic E-state index is 0.104. The average molecular weight is 440 g/mol. The van der Waals surface area contributed by atoms with Crippen LogP contribution in [-0.4, -0.2) is 47.4 Å². The van der Waals surface area contributed by atoms with Gasteiger partial charge < -0.3 is 14.7 Å². The molecule has 0 bridgehead atoms. The van der Waals surface area contributed by atoms with Crippen molar-refractivity contribution in [2.24, 2.45) is 45.8 Å². The van der Waals surface area contributed by atoms with Crippen LogP contribution in [0.25, 0.3) is 0 Å². The second-order valence-electron chi connectivity index (χ2n) is 14.1. The molecule has 7 aliphatic rings. The zero-order valence-corrected chi connectivity index (χ0v) is 21.1. The summed E-state index contributed by atoms with van der Waals surface area (Å²) in [4.78, 5) is 2.66. The van der Waals surface area contributed by atoms with Gasteiger partial charge in [0.15, 0.2) is 0 Å². The van der Waals surface area contributed by atoms with Gasteiger partial charge in [-0.05, 0) is 99.3 Å². The number of aliphatic hydroxyl groups is 1. The number of likely N-dealkylation sites (N-methyl/N-ethyl adjacent to an activating group) is 1. The fraction of sp³-hybridized carbons (Fsp3) is 0.931. The van der Waals surface area contributed by atoms with E-state index in [4.69, 9.17) is 4.74 Å². The number of hydrogen-bond acceptors (Lipinski definition) is 3. The summed E-state index contributed by atoms with van der Waals surface area (Å²) in [5.74, 6) is 4.06. The lowest BCUT2D eigenvalue weighted by Crippen LogP contribution is -2.53. The van der Waals surface area contributed by atoms with E-state index in [0.717, 1.165) is 30.1 Å².